The molecule has 7 heteroatoms. The lowest BCUT2D eigenvalue weighted by Gasteiger charge is -2.15. The number of rotatable bonds is 8. The highest BCUT2D eigenvalue weighted by molar-refractivity contribution is 14.1. The minimum atomic E-state index is -0.513. The fourth-order valence-electron chi connectivity index (χ4n) is 3.62. The average Bonchev–Trinajstić information content (AvgIpc) is 2.79. The zero-order valence-corrected chi connectivity index (χ0v) is 23.0. The standard InChI is InChI=1S/C28H26ClIN2O3/c1-5-34-26-13-20(11-22(15-31)28(33)32-25-14-23(29)7-6-19(25)4)12-24(30)27(26)35-16-21-9-17(2)8-18(3)10-21/h6-14H,5,16H2,1-4H3,(H,32,33)/b22-11+. The second-order valence-corrected chi connectivity index (χ2v) is 9.73. The zero-order valence-electron chi connectivity index (χ0n) is 20.0. The number of amides is 1. The van der Waals surface area contributed by atoms with Gasteiger partial charge >= 0.3 is 0 Å². The Bertz CT molecular complexity index is 1310. The number of nitriles is 1. The SMILES string of the molecule is CCOc1cc(/C=C(\C#N)C(=O)Nc2cc(Cl)ccc2C)cc(I)c1OCc1cc(C)cc(C)c1. The van der Waals surface area contributed by atoms with Crippen molar-refractivity contribution in [3.63, 3.8) is 0 Å². The Hall–Kier alpha value is -3.02. The minimum absolute atomic E-state index is 0.0356. The molecule has 0 aliphatic rings. The lowest BCUT2D eigenvalue weighted by molar-refractivity contribution is -0.112. The van der Waals surface area contributed by atoms with E-state index in [9.17, 15) is 10.1 Å². The van der Waals surface area contributed by atoms with E-state index in [1.165, 1.54) is 17.2 Å². The molecule has 0 heterocycles. The van der Waals surface area contributed by atoms with Crippen molar-refractivity contribution in [2.45, 2.75) is 34.3 Å². The predicted molar refractivity (Wildman–Crippen MR) is 149 cm³/mol. The van der Waals surface area contributed by atoms with Crippen LogP contribution in [0.25, 0.3) is 6.08 Å². The summed E-state index contributed by atoms with van der Waals surface area (Å²) in [6.07, 6.45) is 1.54. The van der Waals surface area contributed by atoms with Crippen LogP contribution in [0.1, 0.15) is 34.7 Å². The molecule has 1 amide bonds. The second-order valence-electron chi connectivity index (χ2n) is 8.13. The molecule has 0 fully saturated rings. The van der Waals surface area contributed by atoms with Crippen molar-refractivity contribution in [3.05, 3.63) is 90.5 Å². The van der Waals surface area contributed by atoms with Crippen molar-refractivity contribution >= 4 is 51.9 Å². The summed E-state index contributed by atoms with van der Waals surface area (Å²) in [4.78, 5) is 12.8. The molecule has 3 aromatic rings. The molecule has 0 saturated carbocycles. The molecule has 180 valence electrons. The van der Waals surface area contributed by atoms with Gasteiger partial charge in [-0.1, -0.05) is 47.0 Å². The van der Waals surface area contributed by atoms with Gasteiger partial charge in [-0.15, -0.1) is 0 Å². The molecule has 3 rings (SSSR count). The highest BCUT2D eigenvalue weighted by Gasteiger charge is 2.15. The molecule has 1 N–H and O–H groups in total. The first-order chi connectivity index (χ1) is 16.7. The van der Waals surface area contributed by atoms with Crippen LogP contribution in [-0.2, 0) is 11.4 Å². The van der Waals surface area contributed by atoms with Crippen molar-refractivity contribution in [2.24, 2.45) is 0 Å². The molecule has 0 atom stereocenters. The van der Waals surface area contributed by atoms with Gasteiger partial charge in [0.15, 0.2) is 11.5 Å². The number of aryl methyl sites for hydroxylation is 3. The fraction of sp³-hybridized carbons (Fsp3) is 0.214. The van der Waals surface area contributed by atoms with Gasteiger partial charge in [-0.3, -0.25) is 4.79 Å². The molecular weight excluding hydrogens is 575 g/mol. The maximum Gasteiger partial charge on any atom is 0.266 e. The first-order valence-electron chi connectivity index (χ1n) is 11.1. The van der Waals surface area contributed by atoms with Crippen molar-refractivity contribution < 1.29 is 14.3 Å². The topological polar surface area (TPSA) is 71.3 Å². The first-order valence-corrected chi connectivity index (χ1v) is 12.5. The van der Waals surface area contributed by atoms with Crippen LogP contribution in [0.4, 0.5) is 5.69 Å². The summed E-state index contributed by atoms with van der Waals surface area (Å²) in [5.74, 6) is 0.667. The van der Waals surface area contributed by atoms with E-state index in [-0.39, 0.29) is 5.57 Å². The molecule has 0 aromatic heterocycles. The number of anilines is 1. The minimum Gasteiger partial charge on any atom is -0.490 e. The van der Waals surface area contributed by atoms with Crippen LogP contribution in [0, 0.1) is 35.7 Å². The molecule has 0 aliphatic carbocycles. The van der Waals surface area contributed by atoms with Gasteiger partial charge in [-0.25, -0.2) is 0 Å². The van der Waals surface area contributed by atoms with Gasteiger partial charge in [-0.2, -0.15) is 5.26 Å². The van der Waals surface area contributed by atoms with E-state index < -0.39 is 5.91 Å². The number of nitrogens with one attached hydrogen (secondary N) is 1. The summed E-state index contributed by atoms with van der Waals surface area (Å²) in [5, 5.41) is 12.9. The highest BCUT2D eigenvalue weighted by atomic mass is 127. The monoisotopic (exact) mass is 600 g/mol. The van der Waals surface area contributed by atoms with Crippen molar-refractivity contribution in [1.82, 2.24) is 0 Å². The van der Waals surface area contributed by atoms with Crippen LogP contribution in [0.5, 0.6) is 11.5 Å². The number of hydrogen-bond donors (Lipinski definition) is 1. The van der Waals surface area contributed by atoms with Gasteiger partial charge in [0.2, 0.25) is 0 Å². The van der Waals surface area contributed by atoms with Crippen molar-refractivity contribution in [2.75, 3.05) is 11.9 Å². The highest BCUT2D eigenvalue weighted by Crippen LogP contribution is 2.35. The van der Waals surface area contributed by atoms with Crippen LogP contribution in [0.3, 0.4) is 0 Å². The largest absolute Gasteiger partial charge is 0.490 e. The first kappa shape index (κ1) is 26.6. The summed E-state index contributed by atoms with van der Waals surface area (Å²) in [6, 6.07) is 17.1. The number of hydrogen-bond acceptors (Lipinski definition) is 4. The van der Waals surface area contributed by atoms with Gasteiger partial charge in [0, 0.05) is 10.7 Å². The lowest BCUT2D eigenvalue weighted by Crippen LogP contribution is -2.14. The average molecular weight is 601 g/mol. The number of carbonyl (C=O) groups excluding carboxylic acids is 1. The number of carbonyl (C=O) groups is 1. The summed E-state index contributed by atoms with van der Waals surface area (Å²) in [7, 11) is 0. The van der Waals surface area contributed by atoms with Crippen LogP contribution in [-0.4, -0.2) is 12.5 Å². The number of ether oxygens (including phenoxy) is 2. The van der Waals surface area contributed by atoms with Crippen LogP contribution in [0.2, 0.25) is 5.02 Å². The summed E-state index contributed by atoms with van der Waals surface area (Å²) < 4.78 is 12.8. The van der Waals surface area contributed by atoms with E-state index in [0.29, 0.717) is 41.0 Å². The molecule has 3 aromatic carbocycles. The van der Waals surface area contributed by atoms with Gasteiger partial charge in [0.1, 0.15) is 18.2 Å². The van der Waals surface area contributed by atoms with Crippen LogP contribution < -0.4 is 14.8 Å². The van der Waals surface area contributed by atoms with Gasteiger partial charge < -0.3 is 14.8 Å². The molecule has 5 nitrogen and oxygen atoms in total. The van der Waals surface area contributed by atoms with E-state index in [4.69, 9.17) is 21.1 Å². The van der Waals surface area contributed by atoms with E-state index in [2.05, 4.69) is 60.0 Å². The molecule has 0 bridgehead atoms. The Kier molecular flexibility index (Phi) is 9.19. The fourth-order valence-corrected chi connectivity index (χ4v) is 4.57. The molecule has 35 heavy (non-hydrogen) atoms. The van der Waals surface area contributed by atoms with Gasteiger partial charge in [0.25, 0.3) is 5.91 Å². The summed E-state index contributed by atoms with van der Waals surface area (Å²) in [6.45, 7) is 8.72. The number of halogens is 2. The molecule has 0 radical (unpaired) electrons. The third-order valence-corrected chi connectivity index (χ3v) is 6.16. The van der Waals surface area contributed by atoms with E-state index in [0.717, 1.165) is 14.7 Å². The maximum atomic E-state index is 12.8. The van der Waals surface area contributed by atoms with E-state index >= 15 is 0 Å². The molecule has 0 unspecified atom stereocenters. The smallest absolute Gasteiger partial charge is 0.266 e. The Morgan fingerprint density at radius 3 is 2.46 bits per heavy atom. The predicted octanol–water partition coefficient (Wildman–Crippen LogP) is 7.39. The lowest BCUT2D eigenvalue weighted by atomic mass is 10.1. The molecule has 0 spiro atoms. The van der Waals surface area contributed by atoms with Crippen molar-refractivity contribution in [3.8, 4) is 17.6 Å². The summed E-state index contributed by atoms with van der Waals surface area (Å²) in [5.41, 5.74) is 5.46. The molecule has 0 saturated heterocycles. The van der Waals surface area contributed by atoms with E-state index in [1.54, 1.807) is 24.3 Å². The van der Waals surface area contributed by atoms with Crippen LogP contribution in [0.15, 0.2) is 54.1 Å². The maximum absolute atomic E-state index is 12.8. The third kappa shape index (κ3) is 7.23. The molecular formula is C28H26ClIN2O3. The van der Waals surface area contributed by atoms with E-state index in [1.807, 2.05) is 26.0 Å². The third-order valence-electron chi connectivity index (χ3n) is 5.12. The normalized spacial score (nSPS) is 11.1. The summed E-state index contributed by atoms with van der Waals surface area (Å²) >= 11 is 8.22. The Balaban J connectivity index is 1.87. The zero-order chi connectivity index (χ0) is 25.5. The number of nitrogens with zero attached hydrogens (tertiary/aromatic N) is 1. The second kappa shape index (κ2) is 12.1. The Morgan fingerprint density at radius 1 is 1.09 bits per heavy atom. The molecule has 0 aliphatic heterocycles. The Labute approximate surface area is 224 Å². The van der Waals surface area contributed by atoms with Crippen LogP contribution >= 0.6 is 34.2 Å². The number of benzene rings is 3. The Morgan fingerprint density at radius 2 is 1.80 bits per heavy atom. The quantitative estimate of drug-likeness (QED) is 0.166. The van der Waals surface area contributed by atoms with Gasteiger partial charge in [0.05, 0.1) is 10.2 Å². The van der Waals surface area contributed by atoms with Gasteiger partial charge in [-0.05, 0) is 97.3 Å². The van der Waals surface area contributed by atoms with Crippen molar-refractivity contribution in [1.29, 1.82) is 5.26 Å².